The molecule has 0 saturated heterocycles. The number of primary amides is 3. The Morgan fingerprint density at radius 2 is 0.837 bits per heavy atom. The molecule has 9 aromatic rings. The topological polar surface area (TPSA) is 484 Å². The molecule has 0 spiro atoms. The van der Waals surface area contributed by atoms with Gasteiger partial charge in [0.15, 0.2) is 43.0 Å². The molecule has 4 aromatic heterocycles. The number of ether oxygens (including phenoxy) is 1. The maximum absolute atomic E-state index is 12.0. The fraction of sp³-hybridized carbons (Fsp3) is 0.321. The molecule has 5 aromatic carbocycles. The number of anilines is 8. The van der Waals surface area contributed by atoms with Gasteiger partial charge >= 0.3 is 132 Å². The van der Waals surface area contributed by atoms with Gasteiger partial charge in [0.1, 0.15) is 77.5 Å². The van der Waals surface area contributed by atoms with E-state index in [2.05, 4.69) is 127 Å². The van der Waals surface area contributed by atoms with E-state index in [1.54, 1.807) is 11.8 Å². The van der Waals surface area contributed by atoms with Gasteiger partial charge in [0.05, 0.1) is 10.8 Å². The third kappa shape index (κ3) is 40.6. The number of aliphatic imine (C=N–C) groups is 1. The zero-order valence-corrected chi connectivity index (χ0v) is 89.7. The summed E-state index contributed by atoms with van der Waals surface area (Å²) in [5, 5.41) is 48.1. The fourth-order valence-electron chi connectivity index (χ4n) is 11.0. The van der Waals surface area contributed by atoms with Crippen LogP contribution in [0.3, 0.4) is 0 Å². The van der Waals surface area contributed by atoms with Crippen molar-refractivity contribution < 1.29 is 177 Å². The number of hydrogen-bond donors (Lipinski definition) is 9. The summed E-state index contributed by atoms with van der Waals surface area (Å²) in [6.45, 7) is 30.2. The molecule has 0 aliphatic carbocycles. The number of benzene rings is 5. The van der Waals surface area contributed by atoms with Gasteiger partial charge in [0, 0.05) is 41.8 Å². The van der Waals surface area contributed by atoms with Gasteiger partial charge in [-0.2, -0.15) is 10.5 Å². The maximum atomic E-state index is 12.0. The van der Waals surface area contributed by atoms with Crippen molar-refractivity contribution in [2.75, 3.05) is 87.9 Å². The SMILES string of the molecule is CCSC1=NC(OC)C(C(N)=O)=C(Nc2cc(C)cc(C)c2)N1.CCSc1nc(Cl)c(C#N)c(SC)n1.CCSc1nc(Nc2cc(C)cc(C)c2)c(C#N)c(SC)n1.CCSc1nc(Nc2cc(C)cc(C)c2)c(C(N)=O)c(S(C)=O)n1.CCSc1nc(Nc2cc(C)cc(C)c2)c(C(N)=O)c(SC)n1.Cc1cc(C)cc(N)c1.O=CO[O-].[H-].[K+].[K+].[Na+].[OH-]. The van der Waals surface area contributed by atoms with Crippen LogP contribution in [0.4, 0.5) is 45.9 Å². The van der Waals surface area contributed by atoms with Crippen LogP contribution < -0.4 is 187 Å². The number of hydrogen-bond acceptors (Lipinski definition) is 34. The maximum Gasteiger partial charge on any atom is 1.00 e. The Hall–Kier alpha value is -5.12. The Morgan fingerprint density at radius 3 is 1.15 bits per heavy atom. The molecule has 644 valence electrons. The molecule has 10 rings (SSSR count). The molecule has 1 aliphatic rings. The number of carbonyl (C=O) groups is 4. The number of aromatic nitrogens is 8. The van der Waals surface area contributed by atoms with Crippen LogP contribution in [0.25, 0.3) is 0 Å². The summed E-state index contributed by atoms with van der Waals surface area (Å²) in [4.78, 5) is 85.9. The van der Waals surface area contributed by atoms with Gasteiger partial charge in [0.25, 0.3) is 24.2 Å². The van der Waals surface area contributed by atoms with Crippen molar-refractivity contribution >= 4 is 192 Å². The molecule has 123 heavy (non-hydrogen) atoms. The molecule has 42 heteroatoms. The first kappa shape index (κ1) is 118. The van der Waals surface area contributed by atoms with E-state index in [0.717, 1.165) is 90.6 Å². The molecule has 0 bridgehead atoms. The van der Waals surface area contributed by atoms with Gasteiger partial charge < -0.3 is 71.3 Å². The van der Waals surface area contributed by atoms with Crippen molar-refractivity contribution in [3.63, 3.8) is 0 Å². The number of nitriles is 2. The zero-order chi connectivity index (χ0) is 88.8. The van der Waals surface area contributed by atoms with E-state index in [1.807, 2.05) is 175 Å². The smallest absolute Gasteiger partial charge is 1.00 e. The number of nitrogens with one attached hydrogen (secondary N) is 5. The summed E-state index contributed by atoms with van der Waals surface area (Å²) < 4.78 is 17.3. The number of aryl methyl sites for hydroxylation is 10. The van der Waals surface area contributed by atoms with Crippen LogP contribution in [0.5, 0.6) is 0 Å². The van der Waals surface area contributed by atoms with Crippen LogP contribution in [0.2, 0.25) is 5.15 Å². The number of rotatable bonds is 26. The van der Waals surface area contributed by atoms with Gasteiger partial charge in [-0.25, -0.2) is 44.9 Å². The molecule has 0 saturated carbocycles. The summed E-state index contributed by atoms with van der Waals surface area (Å²) >= 11 is 17.7. The number of thioether (sulfide) groups is 8. The number of methoxy groups -OCH3 is 1. The molecule has 3 amide bonds. The number of carbonyl (C=O) groups excluding carboxylic acids is 4. The second-order valence-corrected chi connectivity index (χ2v) is 35.4. The molecular weight excluding hydrogens is 1820 g/mol. The first-order valence-electron chi connectivity index (χ1n) is 36.3. The second-order valence-electron chi connectivity index (χ2n) is 25.2. The van der Waals surface area contributed by atoms with Gasteiger partial charge in [-0.3, -0.25) is 23.4 Å². The minimum absolute atomic E-state index is 0. The first-order valence-corrected chi connectivity index (χ1v) is 46.8. The Bertz CT molecular complexity index is 5100. The summed E-state index contributed by atoms with van der Waals surface area (Å²) in [5.41, 5.74) is 39.5. The minimum Gasteiger partial charge on any atom is -1.00 e. The van der Waals surface area contributed by atoms with Crippen molar-refractivity contribution in [3.05, 3.63) is 185 Å². The third-order valence-electron chi connectivity index (χ3n) is 15.0. The van der Waals surface area contributed by atoms with Gasteiger partial charge in [0.2, 0.25) is 0 Å². The number of amidine groups is 1. The van der Waals surface area contributed by atoms with Crippen molar-refractivity contribution in [2.45, 2.75) is 151 Å². The van der Waals surface area contributed by atoms with E-state index in [-0.39, 0.29) is 173 Å². The van der Waals surface area contributed by atoms with E-state index in [9.17, 15) is 23.9 Å². The summed E-state index contributed by atoms with van der Waals surface area (Å²) in [5.74, 6) is 4.25. The van der Waals surface area contributed by atoms with Crippen LogP contribution in [0, 0.1) is 91.9 Å². The predicted octanol–water partition coefficient (Wildman–Crippen LogP) is 7.30. The Kier molecular flexibility index (Phi) is 59.6. The largest absolute Gasteiger partial charge is 1.00 e. The number of amides is 3. The molecule has 2 unspecified atom stereocenters. The molecule has 29 nitrogen and oxygen atoms in total. The number of nitrogen functional groups attached to an aromatic ring is 1. The summed E-state index contributed by atoms with van der Waals surface area (Å²) in [7, 11) is 0.0478. The number of nitrogens with zero attached hydrogens (tertiary/aromatic N) is 11. The predicted molar refractivity (Wildman–Crippen MR) is 496 cm³/mol. The van der Waals surface area contributed by atoms with Crippen molar-refractivity contribution in [3.8, 4) is 12.1 Å². The third-order valence-corrected chi connectivity index (χ3v) is 21.9. The monoisotopic (exact) mass is 1920 g/mol. The standard InChI is InChI=1S/C16H20N4O2S2.C16H22N4O2S.C16H20N4OS2.C16H18N4S2.C8H8ClN3S2.C8H11N.CH2O3.2K.Na.H2O.H/c1-5-23-16-19-14(12(13(17)21)15(20-16)24(4)22)18-11-7-9(2)6-10(3)8-11;2*1-5-23-16-19-14(12(13(17)21)15(20-16)22-4)18-11-7-9(2)6-10(3)8-11;1-5-22-16-19-14(13(9-17)15(20-16)21-4)18-12-7-10(2)6-11(3)8-12;1-3-14-8-11-6(9)5(4-10)7(12-8)13-2;1-6-3-7(2)5-8(9)4-6;2-1-4-3;;;;;/h6-8H,5H2,1-4H3,(H2,17,21)(H,18,19,20);6-8,15,18H,5H2,1-4H3,(H2,17,21)(H,19,20);6-8H,5H2,1-4H3,(H2,17,21)(H,18,19,20);6-8H,5H2,1-4H3,(H,18,19,20);3H2,1-2H3;3-5H,9H2,1-2H3;1,3H;;;;1H2;/q;;;;;;;3*+1;;-1/p-2. The van der Waals surface area contributed by atoms with Crippen LogP contribution in [-0.2, 0) is 30.0 Å². The van der Waals surface area contributed by atoms with Gasteiger partial charge in [-0.05, 0) is 233 Å². The quantitative estimate of drug-likeness (QED) is 0.00375. The normalized spacial score (nSPS) is 11.4. The Balaban J connectivity index is 0. The Morgan fingerprint density at radius 1 is 0.520 bits per heavy atom. The van der Waals surface area contributed by atoms with Crippen molar-refractivity contribution in [1.82, 2.24) is 45.2 Å². The Labute approximate surface area is 871 Å². The second kappa shape index (κ2) is 62.2. The summed E-state index contributed by atoms with van der Waals surface area (Å²) in [6, 6.07) is 34.6. The molecule has 14 N–H and O–H groups in total. The molecular formula is C81H102ClK2N20NaO9S9. The fourth-order valence-corrected chi connectivity index (χ4v) is 16.7. The minimum atomic E-state index is -1.46. The van der Waals surface area contributed by atoms with Gasteiger partial charge in [-0.15, -0.1) is 35.3 Å². The molecule has 2 atom stereocenters. The average Bonchev–Trinajstić information content (AvgIpc) is 0.799. The molecule has 1 aliphatic heterocycles. The van der Waals surface area contributed by atoms with E-state index in [0.29, 0.717) is 75.0 Å². The van der Waals surface area contributed by atoms with Gasteiger partial charge in [-0.1, -0.05) is 135 Å². The van der Waals surface area contributed by atoms with Crippen LogP contribution >= 0.6 is 106 Å². The molecule has 0 fully saturated rings. The molecule has 5 heterocycles. The van der Waals surface area contributed by atoms with E-state index in [1.165, 1.54) is 118 Å². The van der Waals surface area contributed by atoms with E-state index in [4.69, 9.17) is 54.6 Å². The number of nitrogens with two attached hydrogens (primary N) is 4. The average molecular weight is 1930 g/mol. The van der Waals surface area contributed by atoms with E-state index >= 15 is 0 Å². The van der Waals surface area contributed by atoms with Crippen LogP contribution in [-0.4, -0.2) is 146 Å². The zero-order valence-electron chi connectivity index (χ0n) is 74.3. The number of halogens is 1. The van der Waals surface area contributed by atoms with Crippen molar-refractivity contribution in [1.29, 1.82) is 10.5 Å². The van der Waals surface area contributed by atoms with Crippen LogP contribution in [0.1, 0.15) is 124 Å². The van der Waals surface area contributed by atoms with Crippen LogP contribution in [0.15, 0.2) is 148 Å². The van der Waals surface area contributed by atoms with Crippen molar-refractivity contribution in [2.24, 2.45) is 22.2 Å². The summed E-state index contributed by atoms with van der Waals surface area (Å²) in [6.07, 6.45) is 6.41. The molecule has 0 radical (unpaired) electrons. The first-order chi connectivity index (χ1) is 56.6. The van der Waals surface area contributed by atoms with E-state index < -0.39 is 34.7 Å².